The van der Waals surface area contributed by atoms with Crippen molar-refractivity contribution in [1.29, 1.82) is 0 Å². The van der Waals surface area contributed by atoms with Gasteiger partial charge in [0.1, 0.15) is 5.65 Å². The standard InChI is InChI=1S/C14H18N2/c1-2-5-12(6-3-1)11-16-10-8-13-7-4-9-15-14(13)16/h4,7-10,12H,1-3,5-6,11H2. The Kier molecular flexibility index (Phi) is 2.65. The second-order valence-electron chi connectivity index (χ2n) is 4.89. The average molecular weight is 214 g/mol. The highest BCUT2D eigenvalue weighted by Crippen LogP contribution is 2.26. The van der Waals surface area contributed by atoms with Gasteiger partial charge < -0.3 is 4.57 Å². The topological polar surface area (TPSA) is 17.8 Å². The lowest BCUT2D eigenvalue weighted by atomic mass is 9.89. The van der Waals surface area contributed by atoms with Crippen molar-refractivity contribution in [1.82, 2.24) is 9.55 Å². The van der Waals surface area contributed by atoms with Crippen LogP contribution in [0.4, 0.5) is 0 Å². The second kappa shape index (κ2) is 4.28. The molecule has 0 aromatic carbocycles. The zero-order chi connectivity index (χ0) is 10.8. The lowest BCUT2D eigenvalue weighted by molar-refractivity contribution is 0.322. The van der Waals surface area contributed by atoms with Crippen molar-refractivity contribution in [3.8, 4) is 0 Å². The van der Waals surface area contributed by atoms with Crippen LogP contribution < -0.4 is 0 Å². The SMILES string of the molecule is c1cnc2c(c1)ccn2CC1CCCCC1. The molecule has 16 heavy (non-hydrogen) atoms. The third-order valence-electron chi connectivity index (χ3n) is 3.70. The Morgan fingerprint density at radius 1 is 1.19 bits per heavy atom. The molecule has 0 bridgehead atoms. The molecule has 84 valence electrons. The molecule has 2 aromatic rings. The highest BCUT2D eigenvalue weighted by molar-refractivity contribution is 5.75. The van der Waals surface area contributed by atoms with Gasteiger partial charge in [-0.1, -0.05) is 19.3 Å². The van der Waals surface area contributed by atoms with Gasteiger partial charge in [-0.3, -0.25) is 0 Å². The van der Waals surface area contributed by atoms with Gasteiger partial charge in [-0.25, -0.2) is 4.98 Å². The summed E-state index contributed by atoms with van der Waals surface area (Å²) in [7, 11) is 0. The number of nitrogens with zero attached hydrogens (tertiary/aromatic N) is 2. The number of fused-ring (bicyclic) bond motifs is 1. The Bertz CT molecular complexity index is 466. The van der Waals surface area contributed by atoms with E-state index in [9.17, 15) is 0 Å². The molecule has 1 aliphatic rings. The van der Waals surface area contributed by atoms with E-state index in [2.05, 4.69) is 27.9 Å². The van der Waals surface area contributed by atoms with Crippen LogP contribution in [0.5, 0.6) is 0 Å². The highest BCUT2D eigenvalue weighted by atomic mass is 15.0. The average Bonchev–Trinajstić information content (AvgIpc) is 2.74. The predicted molar refractivity (Wildman–Crippen MR) is 66.3 cm³/mol. The molecule has 2 heteroatoms. The van der Waals surface area contributed by atoms with E-state index < -0.39 is 0 Å². The Morgan fingerprint density at radius 2 is 2.06 bits per heavy atom. The number of hydrogen-bond acceptors (Lipinski definition) is 1. The van der Waals surface area contributed by atoms with Gasteiger partial charge in [0.25, 0.3) is 0 Å². The van der Waals surface area contributed by atoms with E-state index >= 15 is 0 Å². The van der Waals surface area contributed by atoms with Gasteiger partial charge in [-0.05, 0) is 37.0 Å². The lowest BCUT2D eigenvalue weighted by Crippen LogP contribution is -2.13. The summed E-state index contributed by atoms with van der Waals surface area (Å²) < 4.78 is 2.32. The van der Waals surface area contributed by atoms with Crippen LogP contribution in [-0.4, -0.2) is 9.55 Å². The summed E-state index contributed by atoms with van der Waals surface area (Å²) in [5.41, 5.74) is 1.15. The number of hydrogen-bond donors (Lipinski definition) is 0. The summed E-state index contributed by atoms with van der Waals surface area (Å²) in [5.74, 6) is 0.867. The van der Waals surface area contributed by atoms with Crippen molar-refractivity contribution < 1.29 is 0 Å². The van der Waals surface area contributed by atoms with Crippen molar-refractivity contribution >= 4 is 11.0 Å². The van der Waals surface area contributed by atoms with Crippen molar-refractivity contribution in [2.45, 2.75) is 38.6 Å². The van der Waals surface area contributed by atoms with Crippen LogP contribution in [0.3, 0.4) is 0 Å². The monoisotopic (exact) mass is 214 g/mol. The molecular formula is C14H18N2. The Morgan fingerprint density at radius 3 is 2.94 bits per heavy atom. The van der Waals surface area contributed by atoms with Gasteiger partial charge in [0.05, 0.1) is 0 Å². The fraction of sp³-hybridized carbons (Fsp3) is 0.500. The summed E-state index contributed by atoms with van der Waals surface area (Å²) in [6, 6.07) is 6.32. The largest absolute Gasteiger partial charge is 0.332 e. The van der Waals surface area contributed by atoms with Gasteiger partial charge >= 0.3 is 0 Å². The minimum Gasteiger partial charge on any atom is -0.332 e. The second-order valence-corrected chi connectivity index (χ2v) is 4.89. The summed E-state index contributed by atoms with van der Waals surface area (Å²) in [6.07, 6.45) is 11.1. The molecule has 1 saturated carbocycles. The predicted octanol–water partition coefficient (Wildman–Crippen LogP) is 3.62. The molecule has 0 amide bonds. The van der Waals surface area contributed by atoms with Crippen molar-refractivity contribution in [3.05, 3.63) is 30.6 Å². The third-order valence-corrected chi connectivity index (χ3v) is 3.70. The number of pyridine rings is 1. The van der Waals surface area contributed by atoms with E-state index in [4.69, 9.17) is 0 Å². The zero-order valence-electron chi connectivity index (χ0n) is 9.60. The lowest BCUT2D eigenvalue weighted by Gasteiger charge is -2.22. The van der Waals surface area contributed by atoms with Crippen LogP contribution in [0.25, 0.3) is 11.0 Å². The molecule has 0 radical (unpaired) electrons. The van der Waals surface area contributed by atoms with Crippen LogP contribution in [0.2, 0.25) is 0 Å². The smallest absolute Gasteiger partial charge is 0.139 e. The van der Waals surface area contributed by atoms with Gasteiger partial charge in [-0.2, -0.15) is 0 Å². The van der Waals surface area contributed by atoms with E-state index in [0.717, 1.165) is 18.1 Å². The normalized spacial score (nSPS) is 18.0. The maximum absolute atomic E-state index is 4.47. The first-order valence-corrected chi connectivity index (χ1v) is 6.33. The summed E-state index contributed by atoms with van der Waals surface area (Å²) in [5, 5.41) is 1.26. The molecule has 0 aliphatic heterocycles. The molecule has 2 heterocycles. The van der Waals surface area contributed by atoms with E-state index in [1.165, 1.54) is 37.5 Å². The Hall–Kier alpha value is -1.31. The zero-order valence-corrected chi connectivity index (χ0v) is 9.60. The molecule has 0 atom stereocenters. The third kappa shape index (κ3) is 1.84. The molecule has 2 nitrogen and oxygen atoms in total. The van der Waals surface area contributed by atoms with E-state index in [1.807, 2.05) is 12.3 Å². The fourth-order valence-corrected chi connectivity index (χ4v) is 2.82. The first kappa shape index (κ1) is 9.88. The Labute approximate surface area is 96.3 Å². The number of rotatable bonds is 2. The fourth-order valence-electron chi connectivity index (χ4n) is 2.82. The molecule has 1 fully saturated rings. The van der Waals surface area contributed by atoms with Gasteiger partial charge in [0.15, 0.2) is 0 Å². The quantitative estimate of drug-likeness (QED) is 0.746. The molecule has 0 saturated heterocycles. The van der Waals surface area contributed by atoms with Crippen LogP contribution in [-0.2, 0) is 6.54 Å². The first-order chi connectivity index (χ1) is 7.93. The Balaban J connectivity index is 1.83. The molecule has 3 rings (SSSR count). The van der Waals surface area contributed by atoms with Crippen molar-refractivity contribution in [2.75, 3.05) is 0 Å². The van der Waals surface area contributed by atoms with Crippen LogP contribution >= 0.6 is 0 Å². The summed E-state index contributed by atoms with van der Waals surface area (Å²) >= 11 is 0. The molecule has 0 spiro atoms. The van der Waals surface area contributed by atoms with E-state index in [1.54, 1.807) is 0 Å². The highest BCUT2D eigenvalue weighted by Gasteiger charge is 2.14. The minimum absolute atomic E-state index is 0.867. The van der Waals surface area contributed by atoms with Crippen LogP contribution in [0.15, 0.2) is 30.6 Å². The molecule has 2 aromatic heterocycles. The molecule has 0 N–H and O–H groups in total. The first-order valence-electron chi connectivity index (χ1n) is 6.33. The van der Waals surface area contributed by atoms with E-state index in [0.29, 0.717) is 0 Å². The van der Waals surface area contributed by atoms with Crippen molar-refractivity contribution in [3.63, 3.8) is 0 Å². The maximum atomic E-state index is 4.47. The van der Waals surface area contributed by atoms with E-state index in [-0.39, 0.29) is 0 Å². The molecular weight excluding hydrogens is 196 g/mol. The minimum atomic E-state index is 0.867. The summed E-state index contributed by atoms with van der Waals surface area (Å²) in [6.45, 7) is 1.15. The van der Waals surface area contributed by atoms with Crippen LogP contribution in [0.1, 0.15) is 32.1 Å². The molecule has 1 aliphatic carbocycles. The van der Waals surface area contributed by atoms with Gasteiger partial charge in [0, 0.05) is 24.3 Å². The number of aromatic nitrogens is 2. The van der Waals surface area contributed by atoms with Crippen molar-refractivity contribution in [2.24, 2.45) is 5.92 Å². The summed E-state index contributed by atoms with van der Waals surface area (Å²) in [4.78, 5) is 4.47. The molecule has 0 unspecified atom stereocenters. The van der Waals surface area contributed by atoms with Gasteiger partial charge in [0.2, 0.25) is 0 Å². The van der Waals surface area contributed by atoms with Crippen LogP contribution in [0, 0.1) is 5.92 Å². The maximum Gasteiger partial charge on any atom is 0.139 e. The van der Waals surface area contributed by atoms with Gasteiger partial charge in [-0.15, -0.1) is 0 Å².